The van der Waals surface area contributed by atoms with Crippen molar-refractivity contribution in [2.24, 2.45) is 0 Å². The van der Waals surface area contributed by atoms with Gasteiger partial charge in [0.15, 0.2) is 0 Å². The molecule has 3 aromatic carbocycles. The van der Waals surface area contributed by atoms with Crippen molar-refractivity contribution in [1.82, 2.24) is 5.32 Å². The fourth-order valence-corrected chi connectivity index (χ4v) is 4.06. The van der Waals surface area contributed by atoms with Crippen LogP contribution in [-0.2, 0) is 16.6 Å². The van der Waals surface area contributed by atoms with Crippen LogP contribution in [0.5, 0.6) is 11.5 Å². The van der Waals surface area contributed by atoms with E-state index in [9.17, 15) is 13.2 Å². The number of methoxy groups -OCH3 is 1. The number of benzene rings is 3. The van der Waals surface area contributed by atoms with Crippen LogP contribution in [0.3, 0.4) is 0 Å². The van der Waals surface area contributed by atoms with Gasteiger partial charge in [0.2, 0.25) is 10.0 Å². The molecule has 0 saturated carbocycles. The summed E-state index contributed by atoms with van der Waals surface area (Å²) in [4.78, 5) is 12.4. The Morgan fingerprint density at radius 2 is 1.55 bits per heavy atom. The summed E-state index contributed by atoms with van der Waals surface area (Å²) >= 11 is 5.84. The van der Waals surface area contributed by atoms with Crippen LogP contribution in [0, 0.1) is 0 Å². The lowest BCUT2D eigenvalue weighted by Crippen LogP contribution is -2.29. The second-order valence-corrected chi connectivity index (χ2v) is 9.57. The van der Waals surface area contributed by atoms with E-state index in [0.717, 1.165) is 11.8 Å². The number of ether oxygens (including phenoxy) is 2. The van der Waals surface area contributed by atoms with Crippen LogP contribution >= 0.6 is 11.6 Å². The molecule has 0 bridgehead atoms. The third-order valence-corrected chi connectivity index (χ3v) is 6.17. The number of sulfonamides is 1. The molecule has 1 amide bonds. The van der Waals surface area contributed by atoms with Crippen molar-refractivity contribution in [2.75, 3.05) is 30.8 Å². The minimum Gasteiger partial charge on any atom is -0.497 e. The molecule has 0 aromatic heterocycles. The molecule has 3 aromatic rings. The van der Waals surface area contributed by atoms with E-state index in [2.05, 4.69) is 5.32 Å². The van der Waals surface area contributed by atoms with Crippen molar-refractivity contribution < 1.29 is 22.7 Å². The highest BCUT2D eigenvalue weighted by molar-refractivity contribution is 7.92. The molecule has 0 aliphatic rings. The Bertz CT molecular complexity index is 1160. The molecule has 9 heteroatoms. The number of hydrogen-bond donors (Lipinski definition) is 1. The summed E-state index contributed by atoms with van der Waals surface area (Å²) in [6, 6.07) is 20.6. The zero-order valence-electron chi connectivity index (χ0n) is 18.3. The first-order valence-electron chi connectivity index (χ1n) is 10.1. The monoisotopic (exact) mass is 488 g/mol. The molecule has 1 N–H and O–H groups in total. The summed E-state index contributed by atoms with van der Waals surface area (Å²) in [7, 11) is -1.96. The number of carbonyl (C=O) groups excluding carboxylic acids is 1. The van der Waals surface area contributed by atoms with E-state index >= 15 is 0 Å². The van der Waals surface area contributed by atoms with E-state index in [4.69, 9.17) is 21.1 Å². The van der Waals surface area contributed by atoms with Crippen LogP contribution < -0.4 is 19.1 Å². The highest BCUT2D eigenvalue weighted by Crippen LogP contribution is 2.23. The van der Waals surface area contributed by atoms with Gasteiger partial charge >= 0.3 is 0 Å². The fraction of sp³-hybridized carbons (Fsp3) is 0.208. The minimum absolute atomic E-state index is 0.141. The van der Waals surface area contributed by atoms with Crippen molar-refractivity contribution in [3.05, 3.63) is 88.9 Å². The number of rotatable bonds is 10. The molecule has 0 heterocycles. The maximum atomic E-state index is 12.4. The summed E-state index contributed by atoms with van der Waals surface area (Å²) < 4.78 is 36.7. The molecular weight excluding hydrogens is 464 g/mol. The lowest BCUT2D eigenvalue weighted by atomic mass is 10.1. The number of amides is 1. The van der Waals surface area contributed by atoms with Gasteiger partial charge in [-0.25, -0.2) is 8.42 Å². The first-order chi connectivity index (χ1) is 15.8. The molecule has 0 aliphatic heterocycles. The SMILES string of the molecule is COc1ccc(N(Cc2ccc(C(=O)NCCOc3ccc(Cl)cc3)cc2)S(C)(=O)=O)cc1. The summed E-state index contributed by atoms with van der Waals surface area (Å²) in [6.45, 7) is 0.793. The van der Waals surface area contributed by atoms with Crippen molar-refractivity contribution >= 4 is 33.2 Å². The van der Waals surface area contributed by atoms with Crippen molar-refractivity contribution in [3.8, 4) is 11.5 Å². The second-order valence-electron chi connectivity index (χ2n) is 7.22. The van der Waals surface area contributed by atoms with E-state index in [-0.39, 0.29) is 12.5 Å². The average Bonchev–Trinajstić information content (AvgIpc) is 2.81. The maximum Gasteiger partial charge on any atom is 0.251 e. The first-order valence-corrected chi connectivity index (χ1v) is 12.4. The lowest BCUT2D eigenvalue weighted by Gasteiger charge is -2.23. The van der Waals surface area contributed by atoms with Crippen LogP contribution in [-0.4, -0.2) is 40.8 Å². The molecule has 0 aliphatic carbocycles. The van der Waals surface area contributed by atoms with Gasteiger partial charge in [0.05, 0.1) is 32.1 Å². The number of nitrogens with zero attached hydrogens (tertiary/aromatic N) is 1. The predicted molar refractivity (Wildman–Crippen MR) is 130 cm³/mol. The topological polar surface area (TPSA) is 84.9 Å². The van der Waals surface area contributed by atoms with Crippen LogP contribution in [0.4, 0.5) is 5.69 Å². The molecule has 0 fully saturated rings. The van der Waals surface area contributed by atoms with Gasteiger partial charge in [-0.3, -0.25) is 9.10 Å². The van der Waals surface area contributed by atoms with E-state index in [1.54, 1.807) is 79.9 Å². The van der Waals surface area contributed by atoms with Crippen molar-refractivity contribution in [2.45, 2.75) is 6.54 Å². The van der Waals surface area contributed by atoms with Gasteiger partial charge < -0.3 is 14.8 Å². The van der Waals surface area contributed by atoms with Crippen LogP contribution in [0.2, 0.25) is 5.02 Å². The zero-order chi connectivity index (χ0) is 23.8. The molecule has 0 saturated heterocycles. The zero-order valence-corrected chi connectivity index (χ0v) is 19.9. The number of hydrogen-bond acceptors (Lipinski definition) is 5. The molecule has 174 valence electrons. The highest BCUT2D eigenvalue weighted by atomic mass is 35.5. The quantitative estimate of drug-likeness (QED) is 0.434. The van der Waals surface area contributed by atoms with Crippen LogP contribution in [0.25, 0.3) is 0 Å². The van der Waals surface area contributed by atoms with E-state index in [0.29, 0.717) is 40.9 Å². The van der Waals surface area contributed by atoms with Gasteiger partial charge in [-0.05, 0) is 66.2 Å². The summed E-state index contributed by atoms with van der Waals surface area (Å²) in [6.07, 6.45) is 1.16. The van der Waals surface area contributed by atoms with Gasteiger partial charge in [-0.1, -0.05) is 23.7 Å². The minimum atomic E-state index is -3.51. The van der Waals surface area contributed by atoms with E-state index < -0.39 is 10.0 Å². The van der Waals surface area contributed by atoms with Gasteiger partial charge in [-0.2, -0.15) is 0 Å². The number of carbonyl (C=O) groups is 1. The van der Waals surface area contributed by atoms with Gasteiger partial charge in [0.25, 0.3) is 5.91 Å². The Labute approximate surface area is 198 Å². The predicted octanol–water partition coefficient (Wildman–Crippen LogP) is 4.12. The molecule has 33 heavy (non-hydrogen) atoms. The van der Waals surface area contributed by atoms with Crippen LogP contribution in [0.1, 0.15) is 15.9 Å². The van der Waals surface area contributed by atoms with Crippen molar-refractivity contribution in [1.29, 1.82) is 0 Å². The number of nitrogens with one attached hydrogen (secondary N) is 1. The van der Waals surface area contributed by atoms with Crippen molar-refractivity contribution in [3.63, 3.8) is 0 Å². The third-order valence-electron chi connectivity index (χ3n) is 4.77. The third kappa shape index (κ3) is 7.13. The Hall–Kier alpha value is -3.23. The molecule has 0 unspecified atom stereocenters. The fourth-order valence-electron chi connectivity index (χ4n) is 3.04. The molecule has 0 radical (unpaired) electrons. The second kappa shape index (κ2) is 11.1. The maximum absolute atomic E-state index is 12.4. The molecule has 7 nitrogen and oxygen atoms in total. The Kier molecular flexibility index (Phi) is 8.19. The van der Waals surface area contributed by atoms with E-state index in [1.807, 2.05) is 0 Å². The smallest absolute Gasteiger partial charge is 0.251 e. The standard InChI is InChI=1S/C24H25ClN2O5S/c1-31-22-13-9-21(10-14-22)27(33(2,29)30)17-18-3-5-19(6-4-18)24(28)26-15-16-32-23-11-7-20(25)8-12-23/h3-14H,15-17H2,1-2H3,(H,26,28). The summed E-state index contributed by atoms with van der Waals surface area (Å²) in [5.41, 5.74) is 1.75. The first kappa shape index (κ1) is 24.4. The normalized spacial score (nSPS) is 11.0. The molecule has 3 rings (SSSR count). The van der Waals surface area contributed by atoms with Gasteiger partial charge in [0.1, 0.15) is 18.1 Å². The number of anilines is 1. The average molecular weight is 489 g/mol. The molecule has 0 spiro atoms. The van der Waals surface area contributed by atoms with Gasteiger partial charge in [0, 0.05) is 10.6 Å². The largest absolute Gasteiger partial charge is 0.497 e. The summed E-state index contributed by atoms with van der Waals surface area (Å²) in [5, 5.41) is 3.42. The van der Waals surface area contributed by atoms with Crippen LogP contribution in [0.15, 0.2) is 72.8 Å². The highest BCUT2D eigenvalue weighted by Gasteiger charge is 2.18. The summed E-state index contributed by atoms with van der Waals surface area (Å²) in [5.74, 6) is 1.07. The number of halogens is 1. The lowest BCUT2D eigenvalue weighted by molar-refractivity contribution is 0.0947. The molecular formula is C24H25ClN2O5S. The van der Waals surface area contributed by atoms with Gasteiger partial charge in [-0.15, -0.1) is 0 Å². The Morgan fingerprint density at radius 1 is 0.939 bits per heavy atom. The Balaban J connectivity index is 1.57. The Morgan fingerprint density at radius 3 is 2.12 bits per heavy atom. The van der Waals surface area contributed by atoms with E-state index in [1.165, 1.54) is 4.31 Å². The molecule has 0 atom stereocenters.